The number of halogens is 1. The van der Waals surface area contributed by atoms with Gasteiger partial charge in [-0.1, -0.05) is 11.8 Å². The minimum atomic E-state index is -0.625. The minimum absolute atomic E-state index is 0.0353. The van der Waals surface area contributed by atoms with Crippen LogP contribution in [0.3, 0.4) is 0 Å². The van der Waals surface area contributed by atoms with Gasteiger partial charge >= 0.3 is 0 Å². The van der Waals surface area contributed by atoms with Crippen molar-refractivity contribution in [3.05, 3.63) is 66.4 Å². The van der Waals surface area contributed by atoms with Crippen LogP contribution in [0.4, 0.5) is 4.39 Å². The lowest BCUT2D eigenvalue weighted by Crippen LogP contribution is -2.25. The Labute approximate surface area is 183 Å². The van der Waals surface area contributed by atoms with Gasteiger partial charge in [-0.15, -0.1) is 10.2 Å². The van der Waals surface area contributed by atoms with E-state index in [0.717, 1.165) is 5.70 Å². The highest BCUT2D eigenvalue weighted by Crippen LogP contribution is 2.25. The predicted octanol–water partition coefficient (Wildman–Crippen LogP) is 0.468. The van der Waals surface area contributed by atoms with Crippen LogP contribution < -0.4 is 15.4 Å². The molecule has 32 heavy (non-hydrogen) atoms. The van der Waals surface area contributed by atoms with E-state index in [1.165, 1.54) is 35.1 Å². The molecule has 0 aliphatic rings. The SMILES string of the molecule is C=CN/C=C(/Cn1cc(C(=O)NCc2c(-n3cnnn3)ccc(OC)c2F)nn1)N(C)C. The Morgan fingerprint density at radius 1 is 1.34 bits per heavy atom. The van der Waals surface area contributed by atoms with Crippen molar-refractivity contribution >= 4 is 5.91 Å². The molecule has 13 heteroatoms. The van der Waals surface area contributed by atoms with E-state index in [-0.39, 0.29) is 23.6 Å². The number of likely N-dealkylation sites (N-methyl/N-ethyl adjacent to an activating group) is 1. The maximum atomic E-state index is 14.9. The number of nitrogens with one attached hydrogen (secondary N) is 2. The Kier molecular flexibility index (Phi) is 7.10. The number of hydrogen-bond acceptors (Lipinski definition) is 9. The molecule has 2 heterocycles. The van der Waals surface area contributed by atoms with Crippen molar-refractivity contribution in [2.75, 3.05) is 21.2 Å². The van der Waals surface area contributed by atoms with Gasteiger partial charge in [0.1, 0.15) is 6.33 Å². The number of tetrazole rings is 1. The van der Waals surface area contributed by atoms with Gasteiger partial charge in [-0.2, -0.15) is 0 Å². The quantitative estimate of drug-likeness (QED) is 0.460. The van der Waals surface area contributed by atoms with Gasteiger partial charge in [0, 0.05) is 32.4 Å². The lowest BCUT2D eigenvalue weighted by atomic mass is 10.1. The van der Waals surface area contributed by atoms with Crippen molar-refractivity contribution in [2.45, 2.75) is 13.1 Å². The molecule has 168 valence electrons. The fourth-order valence-electron chi connectivity index (χ4n) is 2.78. The summed E-state index contributed by atoms with van der Waals surface area (Å²) in [6.07, 6.45) is 6.14. The molecule has 0 radical (unpaired) electrons. The van der Waals surface area contributed by atoms with Crippen molar-refractivity contribution in [1.82, 2.24) is 50.7 Å². The number of benzene rings is 1. The van der Waals surface area contributed by atoms with Gasteiger partial charge in [0.25, 0.3) is 5.91 Å². The predicted molar refractivity (Wildman–Crippen MR) is 112 cm³/mol. The van der Waals surface area contributed by atoms with E-state index in [2.05, 4.69) is 43.1 Å². The van der Waals surface area contributed by atoms with E-state index in [4.69, 9.17) is 4.74 Å². The van der Waals surface area contributed by atoms with Crippen molar-refractivity contribution in [3.63, 3.8) is 0 Å². The Hall–Kier alpha value is -4.29. The molecule has 0 saturated heterocycles. The summed E-state index contributed by atoms with van der Waals surface area (Å²) < 4.78 is 22.7. The summed E-state index contributed by atoms with van der Waals surface area (Å²) in [4.78, 5) is 14.5. The van der Waals surface area contributed by atoms with Crippen LogP contribution in [-0.4, -0.2) is 67.2 Å². The van der Waals surface area contributed by atoms with E-state index < -0.39 is 11.7 Å². The Balaban J connectivity index is 1.75. The summed E-state index contributed by atoms with van der Waals surface area (Å²) in [5.74, 6) is -1.10. The maximum Gasteiger partial charge on any atom is 0.273 e. The Bertz CT molecular complexity index is 1110. The molecular weight excluding hydrogens is 419 g/mol. The van der Waals surface area contributed by atoms with E-state index >= 15 is 0 Å². The highest BCUT2D eigenvalue weighted by Gasteiger charge is 2.19. The number of nitrogens with zero attached hydrogens (tertiary/aromatic N) is 8. The van der Waals surface area contributed by atoms with Crippen LogP contribution in [0, 0.1) is 5.82 Å². The van der Waals surface area contributed by atoms with Gasteiger partial charge in [0.2, 0.25) is 0 Å². The fourth-order valence-corrected chi connectivity index (χ4v) is 2.78. The maximum absolute atomic E-state index is 14.9. The topological polar surface area (TPSA) is 128 Å². The molecule has 3 aromatic rings. The molecule has 0 fully saturated rings. The number of ether oxygens (including phenoxy) is 1. The van der Waals surface area contributed by atoms with E-state index in [1.54, 1.807) is 18.5 Å². The molecule has 12 nitrogen and oxygen atoms in total. The second-order valence-corrected chi connectivity index (χ2v) is 6.72. The van der Waals surface area contributed by atoms with Gasteiger partial charge in [-0.25, -0.2) is 13.8 Å². The molecule has 0 aliphatic carbocycles. The van der Waals surface area contributed by atoms with E-state index in [1.807, 2.05) is 19.0 Å². The van der Waals surface area contributed by atoms with Crippen molar-refractivity contribution in [2.24, 2.45) is 0 Å². The van der Waals surface area contributed by atoms with E-state index in [0.29, 0.717) is 12.2 Å². The van der Waals surface area contributed by atoms with Crippen LogP contribution in [0.2, 0.25) is 0 Å². The van der Waals surface area contributed by atoms with Crippen molar-refractivity contribution in [3.8, 4) is 11.4 Å². The molecule has 0 aliphatic heterocycles. The first-order valence-corrected chi connectivity index (χ1v) is 9.45. The minimum Gasteiger partial charge on any atom is -0.494 e. The molecule has 2 aromatic heterocycles. The second kappa shape index (κ2) is 10.1. The highest BCUT2D eigenvalue weighted by atomic mass is 19.1. The summed E-state index contributed by atoms with van der Waals surface area (Å²) in [5, 5.41) is 24.4. The Morgan fingerprint density at radius 2 is 2.16 bits per heavy atom. The van der Waals surface area contributed by atoms with E-state index in [9.17, 15) is 9.18 Å². The first-order valence-electron chi connectivity index (χ1n) is 9.45. The first-order chi connectivity index (χ1) is 15.4. The largest absolute Gasteiger partial charge is 0.494 e. The van der Waals surface area contributed by atoms with Crippen LogP contribution in [0.15, 0.2) is 49.3 Å². The smallest absolute Gasteiger partial charge is 0.273 e. The van der Waals surface area contributed by atoms with Crippen LogP contribution in [0.5, 0.6) is 5.75 Å². The zero-order valence-corrected chi connectivity index (χ0v) is 17.9. The summed E-state index contributed by atoms with van der Waals surface area (Å²) >= 11 is 0. The van der Waals surface area contributed by atoms with Gasteiger partial charge in [0.15, 0.2) is 17.3 Å². The molecule has 0 atom stereocenters. The molecule has 1 aromatic carbocycles. The number of carbonyl (C=O) groups is 1. The third kappa shape index (κ3) is 5.06. The van der Waals surface area contributed by atoms with Crippen molar-refractivity contribution in [1.29, 1.82) is 0 Å². The van der Waals surface area contributed by atoms with Crippen molar-refractivity contribution < 1.29 is 13.9 Å². The molecule has 0 spiro atoms. The third-order valence-electron chi connectivity index (χ3n) is 4.46. The Morgan fingerprint density at radius 3 is 2.81 bits per heavy atom. The zero-order valence-electron chi connectivity index (χ0n) is 17.9. The molecular formula is C19H23FN10O2. The summed E-state index contributed by atoms with van der Waals surface area (Å²) in [5.41, 5.74) is 1.50. The number of amides is 1. The number of rotatable bonds is 10. The number of hydrogen-bond donors (Lipinski definition) is 2. The molecule has 2 N–H and O–H groups in total. The molecule has 0 bridgehead atoms. The number of carbonyl (C=O) groups excluding carboxylic acids is 1. The zero-order chi connectivity index (χ0) is 23.1. The lowest BCUT2D eigenvalue weighted by Gasteiger charge is -2.16. The van der Waals surface area contributed by atoms with Gasteiger partial charge < -0.3 is 20.3 Å². The average Bonchev–Trinajstić information content (AvgIpc) is 3.47. The van der Waals surface area contributed by atoms with Crippen LogP contribution >= 0.6 is 0 Å². The number of aromatic nitrogens is 7. The molecule has 0 unspecified atom stereocenters. The van der Waals surface area contributed by atoms with Gasteiger partial charge in [0.05, 0.1) is 31.2 Å². The van der Waals surface area contributed by atoms with Crippen LogP contribution in [-0.2, 0) is 13.1 Å². The normalized spacial score (nSPS) is 11.2. The monoisotopic (exact) mass is 442 g/mol. The lowest BCUT2D eigenvalue weighted by molar-refractivity contribution is 0.0945. The van der Waals surface area contributed by atoms with Crippen LogP contribution in [0.1, 0.15) is 16.1 Å². The molecule has 1 amide bonds. The number of methoxy groups -OCH3 is 1. The van der Waals surface area contributed by atoms with Gasteiger partial charge in [-0.3, -0.25) is 4.79 Å². The van der Waals surface area contributed by atoms with Gasteiger partial charge in [-0.05, 0) is 28.8 Å². The fraction of sp³-hybridized carbons (Fsp3) is 0.263. The molecule has 3 rings (SSSR count). The van der Waals surface area contributed by atoms with Crippen LogP contribution in [0.25, 0.3) is 5.69 Å². The summed E-state index contributed by atoms with van der Waals surface area (Å²) in [6, 6.07) is 3.06. The first kappa shape index (κ1) is 22.4. The highest BCUT2D eigenvalue weighted by molar-refractivity contribution is 5.91. The number of allylic oxidation sites excluding steroid dienone is 1. The summed E-state index contributed by atoms with van der Waals surface area (Å²) in [7, 11) is 5.12. The second-order valence-electron chi connectivity index (χ2n) is 6.72. The standard InChI is InChI=1S/C19H23FN10O2/c1-5-21-8-13(28(2)3)10-29-11-15(24-26-29)19(31)22-9-14-16(30-12-23-25-27-30)6-7-17(32-4)18(14)20/h5-8,11-12,21H,1,9-10H2,2-4H3,(H,22,31)/b13-8-. The average molecular weight is 442 g/mol. The summed E-state index contributed by atoms with van der Waals surface area (Å²) in [6.45, 7) is 3.84. The molecule has 0 saturated carbocycles. The third-order valence-corrected chi connectivity index (χ3v) is 4.46.